The van der Waals surface area contributed by atoms with Crippen molar-refractivity contribution in [2.24, 2.45) is 10.9 Å². The number of amidine groups is 1. The summed E-state index contributed by atoms with van der Waals surface area (Å²) in [5.41, 5.74) is 5.68. The maximum absolute atomic E-state index is 11.2. The van der Waals surface area contributed by atoms with E-state index in [1.807, 2.05) is 0 Å². The molecule has 0 saturated heterocycles. The molecule has 0 aromatic heterocycles. The van der Waals surface area contributed by atoms with E-state index in [0.717, 1.165) is 6.26 Å². The average Bonchev–Trinajstić information content (AvgIpc) is 2.15. The van der Waals surface area contributed by atoms with Gasteiger partial charge in [-0.05, 0) is 12.1 Å². The molecule has 1 rings (SSSR count). The van der Waals surface area contributed by atoms with Gasteiger partial charge in [0.2, 0.25) is 0 Å². The van der Waals surface area contributed by atoms with Crippen molar-refractivity contribution in [3.8, 4) is 0 Å². The van der Waals surface area contributed by atoms with E-state index in [4.69, 9.17) is 10.9 Å². The Bertz CT molecular complexity index is 465. The van der Waals surface area contributed by atoms with E-state index >= 15 is 0 Å². The minimum atomic E-state index is -3.26. The van der Waals surface area contributed by atoms with Gasteiger partial charge in [-0.25, -0.2) is 8.42 Å². The van der Waals surface area contributed by atoms with E-state index in [0.29, 0.717) is 5.56 Å². The van der Waals surface area contributed by atoms with Crippen LogP contribution in [0.3, 0.4) is 0 Å². The summed E-state index contributed by atoms with van der Waals surface area (Å²) in [4.78, 5) is 0.140. The predicted molar refractivity (Wildman–Crippen MR) is 52.1 cm³/mol. The molecule has 0 heterocycles. The van der Waals surface area contributed by atoms with Gasteiger partial charge in [-0.15, -0.1) is 0 Å². The Labute approximate surface area is 81.8 Å². The van der Waals surface area contributed by atoms with Crippen molar-refractivity contribution in [2.75, 3.05) is 6.26 Å². The number of sulfone groups is 1. The van der Waals surface area contributed by atoms with Gasteiger partial charge in [0, 0.05) is 11.8 Å². The summed E-state index contributed by atoms with van der Waals surface area (Å²) in [5, 5.41) is 11.2. The molecule has 0 atom stereocenters. The van der Waals surface area contributed by atoms with Crippen LogP contribution in [0.2, 0.25) is 0 Å². The zero-order valence-corrected chi connectivity index (χ0v) is 8.32. The van der Waals surface area contributed by atoms with E-state index < -0.39 is 9.84 Å². The van der Waals surface area contributed by atoms with Crippen molar-refractivity contribution in [2.45, 2.75) is 4.90 Å². The van der Waals surface area contributed by atoms with Crippen molar-refractivity contribution in [1.29, 1.82) is 0 Å². The van der Waals surface area contributed by atoms with Gasteiger partial charge < -0.3 is 10.9 Å². The maximum atomic E-state index is 11.2. The highest BCUT2D eigenvalue weighted by Gasteiger charge is 2.08. The molecule has 0 spiro atoms. The van der Waals surface area contributed by atoms with Gasteiger partial charge in [0.15, 0.2) is 15.7 Å². The molecular weight excluding hydrogens is 204 g/mol. The van der Waals surface area contributed by atoms with Crippen LogP contribution in [0.1, 0.15) is 5.56 Å². The first kappa shape index (κ1) is 10.5. The number of nitrogens with zero attached hydrogens (tertiary/aromatic N) is 1. The Kier molecular flexibility index (Phi) is 2.76. The zero-order chi connectivity index (χ0) is 10.8. The van der Waals surface area contributed by atoms with Gasteiger partial charge >= 0.3 is 0 Å². The highest BCUT2D eigenvalue weighted by Crippen LogP contribution is 2.10. The third-order valence-corrected chi connectivity index (χ3v) is 2.78. The van der Waals surface area contributed by atoms with E-state index in [9.17, 15) is 8.42 Å². The van der Waals surface area contributed by atoms with Crippen molar-refractivity contribution in [1.82, 2.24) is 0 Å². The standard InChI is InChI=1S/C8H10N2O3S/c1-14(12,13)7-4-2-3-6(5-7)8(9)10-11/h2-5,11H,1H3,(H2,9,10). The Morgan fingerprint density at radius 2 is 2.14 bits per heavy atom. The molecule has 0 bridgehead atoms. The highest BCUT2D eigenvalue weighted by atomic mass is 32.2. The zero-order valence-electron chi connectivity index (χ0n) is 7.51. The second-order valence-corrected chi connectivity index (χ2v) is 4.80. The Balaban J connectivity index is 3.28. The van der Waals surface area contributed by atoms with Gasteiger partial charge in [0.25, 0.3) is 0 Å². The fourth-order valence-corrected chi connectivity index (χ4v) is 1.61. The van der Waals surface area contributed by atoms with Crippen molar-refractivity contribution in [3.63, 3.8) is 0 Å². The first-order valence-electron chi connectivity index (χ1n) is 3.73. The lowest BCUT2D eigenvalue weighted by Crippen LogP contribution is -2.13. The maximum Gasteiger partial charge on any atom is 0.175 e. The van der Waals surface area contributed by atoms with Gasteiger partial charge in [0.1, 0.15) is 0 Å². The summed E-state index contributed by atoms with van der Waals surface area (Å²) in [6.45, 7) is 0. The summed E-state index contributed by atoms with van der Waals surface area (Å²) in [7, 11) is -3.26. The molecule has 0 amide bonds. The van der Waals surface area contributed by atoms with Crippen molar-refractivity contribution < 1.29 is 13.6 Å². The fourth-order valence-electron chi connectivity index (χ4n) is 0.944. The molecule has 0 saturated carbocycles. The molecule has 5 nitrogen and oxygen atoms in total. The molecule has 0 radical (unpaired) electrons. The first-order valence-corrected chi connectivity index (χ1v) is 5.62. The molecule has 6 heteroatoms. The summed E-state index contributed by atoms with van der Waals surface area (Å²) < 4.78 is 22.3. The number of nitrogens with two attached hydrogens (primary N) is 1. The molecule has 0 aliphatic carbocycles. The lowest BCUT2D eigenvalue weighted by molar-refractivity contribution is 0.318. The molecule has 14 heavy (non-hydrogen) atoms. The molecule has 0 fully saturated rings. The monoisotopic (exact) mass is 214 g/mol. The lowest BCUT2D eigenvalue weighted by atomic mass is 10.2. The second kappa shape index (κ2) is 3.67. The number of hydrogen-bond acceptors (Lipinski definition) is 4. The summed E-state index contributed by atoms with van der Waals surface area (Å²) >= 11 is 0. The third kappa shape index (κ3) is 2.23. The highest BCUT2D eigenvalue weighted by molar-refractivity contribution is 7.90. The largest absolute Gasteiger partial charge is 0.409 e. The number of oxime groups is 1. The van der Waals surface area contributed by atoms with Crippen LogP contribution in [-0.2, 0) is 9.84 Å². The Hall–Kier alpha value is -1.56. The molecule has 3 N–H and O–H groups in total. The molecule has 0 unspecified atom stereocenters. The molecule has 1 aromatic rings. The van der Waals surface area contributed by atoms with Crippen molar-refractivity contribution >= 4 is 15.7 Å². The van der Waals surface area contributed by atoms with E-state index in [-0.39, 0.29) is 10.7 Å². The van der Waals surface area contributed by atoms with E-state index in [2.05, 4.69) is 5.16 Å². The summed E-state index contributed by atoms with van der Waals surface area (Å²) in [6, 6.07) is 5.89. The van der Waals surface area contributed by atoms with Gasteiger partial charge in [-0.1, -0.05) is 17.3 Å². The van der Waals surface area contributed by atoms with Crippen LogP contribution < -0.4 is 5.73 Å². The smallest absolute Gasteiger partial charge is 0.175 e. The number of benzene rings is 1. The normalized spacial score (nSPS) is 12.8. The Morgan fingerprint density at radius 1 is 1.50 bits per heavy atom. The topological polar surface area (TPSA) is 92.8 Å². The van der Waals surface area contributed by atoms with Crippen LogP contribution in [0, 0.1) is 0 Å². The summed E-state index contributed by atoms with van der Waals surface area (Å²) in [6.07, 6.45) is 1.10. The van der Waals surface area contributed by atoms with Gasteiger partial charge in [-0.3, -0.25) is 0 Å². The van der Waals surface area contributed by atoms with Crippen LogP contribution in [0.5, 0.6) is 0 Å². The predicted octanol–water partition coefficient (Wildman–Crippen LogP) is 0.185. The number of hydrogen-bond donors (Lipinski definition) is 2. The Morgan fingerprint density at radius 3 is 2.64 bits per heavy atom. The van der Waals surface area contributed by atoms with Crippen LogP contribution in [0.15, 0.2) is 34.3 Å². The van der Waals surface area contributed by atoms with Crippen molar-refractivity contribution in [3.05, 3.63) is 29.8 Å². The number of rotatable bonds is 2. The first-order chi connectivity index (χ1) is 6.45. The molecule has 76 valence electrons. The molecule has 1 aromatic carbocycles. The van der Waals surface area contributed by atoms with Gasteiger partial charge in [-0.2, -0.15) is 0 Å². The SMILES string of the molecule is CS(=O)(=O)c1cccc(/C(N)=N/O)c1. The third-order valence-electron chi connectivity index (χ3n) is 1.67. The van der Waals surface area contributed by atoms with E-state index in [1.165, 1.54) is 18.2 Å². The molecule has 0 aliphatic rings. The molecular formula is C8H10N2O3S. The molecule has 0 aliphatic heterocycles. The minimum Gasteiger partial charge on any atom is -0.409 e. The van der Waals surface area contributed by atoms with Crippen LogP contribution >= 0.6 is 0 Å². The minimum absolute atomic E-state index is 0.115. The lowest BCUT2D eigenvalue weighted by Gasteiger charge is -2.01. The fraction of sp³-hybridized carbons (Fsp3) is 0.125. The van der Waals surface area contributed by atoms with Crippen LogP contribution in [0.4, 0.5) is 0 Å². The average molecular weight is 214 g/mol. The van der Waals surface area contributed by atoms with Gasteiger partial charge in [0.05, 0.1) is 4.90 Å². The van der Waals surface area contributed by atoms with Crippen LogP contribution in [0.25, 0.3) is 0 Å². The summed E-state index contributed by atoms with van der Waals surface area (Å²) in [5.74, 6) is -0.115. The second-order valence-electron chi connectivity index (χ2n) is 2.79. The van der Waals surface area contributed by atoms with E-state index in [1.54, 1.807) is 6.07 Å². The van der Waals surface area contributed by atoms with Crippen LogP contribution in [-0.4, -0.2) is 25.7 Å². The quantitative estimate of drug-likeness (QED) is 0.318.